The predicted molar refractivity (Wildman–Crippen MR) is 80.1 cm³/mol. The Morgan fingerprint density at radius 2 is 2.00 bits per heavy atom. The molecule has 0 fully saturated rings. The van der Waals surface area contributed by atoms with E-state index < -0.39 is 0 Å². The van der Waals surface area contributed by atoms with E-state index in [0.717, 1.165) is 17.4 Å². The van der Waals surface area contributed by atoms with Gasteiger partial charge >= 0.3 is 0 Å². The highest BCUT2D eigenvalue weighted by Gasteiger charge is 2.12. The summed E-state index contributed by atoms with van der Waals surface area (Å²) >= 11 is 0. The first kappa shape index (κ1) is 14.3. The third-order valence-electron chi connectivity index (χ3n) is 3.24. The molecule has 1 aromatic carbocycles. The number of hydrogen-bond donors (Lipinski definition) is 1. The molecule has 0 radical (unpaired) electrons. The Bertz CT molecular complexity index is 689. The van der Waals surface area contributed by atoms with Gasteiger partial charge in [-0.15, -0.1) is 0 Å². The van der Waals surface area contributed by atoms with Gasteiger partial charge in [0, 0.05) is 31.6 Å². The molecule has 1 aromatic heterocycles. The van der Waals surface area contributed by atoms with Gasteiger partial charge in [0.1, 0.15) is 0 Å². The van der Waals surface area contributed by atoms with Gasteiger partial charge in [0.25, 0.3) is 11.5 Å². The van der Waals surface area contributed by atoms with Gasteiger partial charge < -0.3 is 14.8 Å². The third kappa shape index (κ3) is 2.88. The van der Waals surface area contributed by atoms with Crippen LogP contribution in [0, 0.1) is 0 Å². The van der Waals surface area contributed by atoms with Crippen LogP contribution in [0.15, 0.2) is 35.1 Å². The van der Waals surface area contributed by atoms with E-state index in [9.17, 15) is 9.59 Å². The summed E-state index contributed by atoms with van der Waals surface area (Å²) in [7, 11) is 5.60. The molecule has 0 saturated carbocycles. The third-order valence-corrected chi connectivity index (χ3v) is 3.24. The summed E-state index contributed by atoms with van der Waals surface area (Å²) in [5.41, 5.74) is 1.02. The fourth-order valence-electron chi connectivity index (χ4n) is 2.09. The zero-order chi connectivity index (χ0) is 14.7. The second-order valence-corrected chi connectivity index (χ2v) is 5.03. The van der Waals surface area contributed by atoms with Crippen molar-refractivity contribution < 1.29 is 4.79 Å². The Morgan fingerprint density at radius 1 is 1.30 bits per heavy atom. The summed E-state index contributed by atoms with van der Waals surface area (Å²) in [6.07, 6.45) is 0. The van der Waals surface area contributed by atoms with Crippen molar-refractivity contribution in [2.45, 2.75) is 0 Å². The van der Waals surface area contributed by atoms with Crippen molar-refractivity contribution in [3.63, 3.8) is 0 Å². The summed E-state index contributed by atoms with van der Waals surface area (Å²) in [5.74, 6) is -0.208. The molecule has 0 aliphatic rings. The van der Waals surface area contributed by atoms with E-state index in [2.05, 4.69) is 5.32 Å². The van der Waals surface area contributed by atoms with Crippen LogP contribution < -0.4 is 10.9 Å². The van der Waals surface area contributed by atoms with Gasteiger partial charge in [-0.3, -0.25) is 9.59 Å². The van der Waals surface area contributed by atoms with Crippen molar-refractivity contribution in [1.29, 1.82) is 0 Å². The van der Waals surface area contributed by atoms with Crippen molar-refractivity contribution in [3.05, 3.63) is 46.2 Å². The fraction of sp³-hybridized carbons (Fsp3) is 0.333. The number of nitrogens with zero attached hydrogens (tertiary/aromatic N) is 2. The topological polar surface area (TPSA) is 54.3 Å². The van der Waals surface area contributed by atoms with Crippen LogP contribution in [-0.2, 0) is 7.05 Å². The van der Waals surface area contributed by atoms with Crippen LogP contribution in [0.3, 0.4) is 0 Å². The van der Waals surface area contributed by atoms with E-state index in [1.165, 1.54) is 6.07 Å². The standard InChI is InChI=1S/C15H19N3O2/c1-17(2)9-8-16-15(20)12-10-14(19)18(3)13-7-5-4-6-11(12)13/h4-7,10H,8-9H2,1-3H3,(H,16,20). The number of benzene rings is 1. The van der Waals surface area contributed by atoms with Gasteiger partial charge in [-0.05, 0) is 20.2 Å². The number of carbonyl (C=O) groups excluding carboxylic acids is 1. The number of pyridine rings is 1. The first-order valence-electron chi connectivity index (χ1n) is 6.52. The Morgan fingerprint density at radius 3 is 2.70 bits per heavy atom. The van der Waals surface area contributed by atoms with Gasteiger partial charge in [-0.25, -0.2) is 0 Å². The van der Waals surface area contributed by atoms with Crippen LogP contribution in [0.1, 0.15) is 10.4 Å². The smallest absolute Gasteiger partial charge is 0.252 e. The quantitative estimate of drug-likeness (QED) is 0.897. The molecule has 1 heterocycles. The molecule has 0 bridgehead atoms. The molecule has 0 aliphatic carbocycles. The first-order chi connectivity index (χ1) is 9.50. The molecule has 0 saturated heterocycles. The molecule has 5 nitrogen and oxygen atoms in total. The van der Waals surface area contributed by atoms with Crippen molar-refractivity contribution in [2.75, 3.05) is 27.2 Å². The van der Waals surface area contributed by atoms with Crippen molar-refractivity contribution in [3.8, 4) is 0 Å². The Hall–Kier alpha value is -2.14. The van der Waals surface area contributed by atoms with Crippen molar-refractivity contribution in [2.24, 2.45) is 7.05 Å². The van der Waals surface area contributed by atoms with E-state index in [1.807, 2.05) is 43.3 Å². The molecular weight excluding hydrogens is 254 g/mol. The average Bonchev–Trinajstić information content (AvgIpc) is 2.42. The molecule has 5 heteroatoms. The molecule has 106 valence electrons. The van der Waals surface area contributed by atoms with Gasteiger partial charge in [-0.1, -0.05) is 18.2 Å². The normalized spacial score (nSPS) is 11.0. The van der Waals surface area contributed by atoms with Gasteiger partial charge in [0.15, 0.2) is 0 Å². The number of nitrogens with one attached hydrogen (secondary N) is 1. The number of fused-ring (bicyclic) bond motifs is 1. The second-order valence-electron chi connectivity index (χ2n) is 5.03. The van der Waals surface area contributed by atoms with Gasteiger partial charge in [0.2, 0.25) is 0 Å². The van der Waals surface area contributed by atoms with Crippen LogP contribution in [0.5, 0.6) is 0 Å². The minimum Gasteiger partial charge on any atom is -0.351 e. The van der Waals surface area contributed by atoms with Crippen LogP contribution in [0.25, 0.3) is 10.9 Å². The lowest BCUT2D eigenvalue weighted by atomic mass is 10.1. The summed E-state index contributed by atoms with van der Waals surface area (Å²) in [6.45, 7) is 1.31. The molecule has 2 aromatic rings. The summed E-state index contributed by atoms with van der Waals surface area (Å²) in [4.78, 5) is 26.1. The highest BCUT2D eigenvalue weighted by atomic mass is 16.2. The van der Waals surface area contributed by atoms with Crippen molar-refractivity contribution >= 4 is 16.8 Å². The van der Waals surface area contributed by atoms with E-state index >= 15 is 0 Å². The number of aryl methyl sites for hydroxylation is 1. The van der Waals surface area contributed by atoms with E-state index in [4.69, 9.17) is 0 Å². The molecule has 2 rings (SSSR count). The first-order valence-corrected chi connectivity index (χ1v) is 6.52. The Balaban J connectivity index is 2.37. The molecule has 20 heavy (non-hydrogen) atoms. The molecule has 0 aliphatic heterocycles. The largest absolute Gasteiger partial charge is 0.351 e. The SMILES string of the molecule is CN(C)CCNC(=O)c1cc(=O)n(C)c2ccccc12. The van der Waals surface area contributed by atoms with E-state index in [0.29, 0.717) is 12.1 Å². The number of para-hydroxylation sites is 1. The fourth-order valence-corrected chi connectivity index (χ4v) is 2.09. The summed E-state index contributed by atoms with van der Waals surface area (Å²) < 4.78 is 1.55. The lowest BCUT2D eigenvalue weighted by molar-refractivity contribution is 0.0952. The molecule has 0 unspecified atom stereocenters. The van der Waals surface area contributed by atoms with E-state index in [1.54, 1.807) is 11.6 Å². The molecular formula is C15H19N3O2. The predicted octanol–water partition coefficient (Wildman–Crippen LogP) is 0.830. The maximum Gasteiger partial charge on any atom is 0.252 e. The van der Waals surface area contributed by atoms with Crippen LogP contribution in [-0.4, -0.2) is 42.6 Å². The maximum absolute atomic E-state index is 12.2. The lowest BCUT2D eigenvalue weighted by Crippen LogP contribution is -2.32. The van der Waals surface area contributed by atoms with Gasteiger partial charge in [0.05, 0.1) is 11.1 Å². The summed E-state index contributed by atoms with van der Waals surface area (Å²) in [5, 5.41) is 3.63. The van der Waals surface area contributed by atoms with Crippen LogP contribution in [0.4, 0.5) is 0 Å². The lowest BCUT2D eigenvalue weighted by Gasteiger charge is -2.12. The van der Waals surface area contributed by atoms with Gasteiger partial charge in [-0.2, -0.15) is 0 Å². The highest BCUT2D eigenvalue weighted by molar-refractivity contribution is 6.06. The molecule has 1 N–H and O–H groups in total. The molecule has 0 spiro atoms. The number of likely N-dealkylation sites (N-methyl/N-ethyl adjacent to an activating group) is 1. The van der Waals surface area contributed by atoms with Crippen LogP contribution in [0.2, 0.25) is 0 Å². The Labute approximate surface area is 117 Å². The monoisotopic (exact) mass is 273 g/mol. The minimum absolute atomic E-state index is 0.179. The van der Waals surface area contributed by atoms with Crippen molar-refractivity contribution in [1.82, 2.24) is 14.8 Å². The van der Waals surface area contributed by atoms with Crippen LogP contribution >= 0.6 is 0 Å². The second kappa shape index (κ2) is 5.88. The number of hydrogen-bond acceptors (Lipinski definition) is 3. The summed E-state index contributed by atoms with van der Waals surface area (Å²) in [6, 6.07) is 8.81. The molecule has 1 amide bonds. The zero-order valence-electron chi connectivity index (χ0n) is 12.0. The Kier molecular flexibility index (Phi) is 4.20. The highest BCUT2D eigenvalue weighted by Crippen LogP contribution is 2.15. The average molecular weight is 273 g/mol. The maximum atomic E-state index is 12.2. The number of carbonyl (C=O) groups is 1. The molecule has 0 atom stereocenters. The number of rotatable bonds is 4. The number of amides is 1. The number of aromatic nitrogens is 1. The minimum atomic E-state index is -0.208. The zero-order valence-corrected chi connectivity index (χ0v) is 12.0. The van der Waals surface area contributed by atoms with E-state index in [-0.39, 0.29) is 11.5 Å².